The number of aromatic nitrogens is 3. The highest BCUT2D eigenvalue weighted by molar-refractivity contribution is 5.87. The summed E-state index contributed by atoms with van der Waals surface area (Å²) in [6, 6.07) is 2.03. The Balaban J connectivity index is 1.73. The minimum absolute atomic E-state index is 0.105. The first-order valence-electron chi connectivity index (χ1n) is 6.96. The third kappa shape index (κ3) is 1.51. The largest absolute Gasteiger partial charge is 0.396 e. The number of nitrogens with zero attached hydrogens (tertiary/aromatic N) is 3. The van der Waals surface area contributed by atoms with Crippen LogP contribution in [0.1, 0.15) is 19.3 Å². The molecule has 100 valence electrons. The van der Waals surface area contributed by atoms with Crippen LogP contribution in [0.15, 0.2) is 18.6 Å². The van der Waals surface area contributed by atoms with Crippen LogP contribution in [0.25, 0.3) is 11.0 Å². The Morgan fingerprint density at radius 1 is 1.47 bits per heavy atom. The summed E-state index contributed by atoms with van der Waals surface area (Å²) in [6.45, 7) is 2.23. The van der Waals surface area contributed by atoms with Gasteiger partial charge >= 0.3 is 0 Å². The number of anilines is 1. The van der Waals surface area contributed by atoms with Gasteiger partial charge in [0.25, 0.3) is 0 Å². The molecule has 1 aliphatic heterocycles. The van der Waals surface area contributed by atoms with Crippen LogP contribution in [0.4, 0.5) is 5.82 Å². The Morgan fingerprint density at radius 2 is 2.42 bits per heavy atom. The summed E-state index contributed by atoms with van der Waals surface area (Å²) in [6.07, 6.45) is 7.16. The van der Waals surface area contributed by atoms with Gasteiger partial charge in [0.15, 0.2) is 0 Å². The molecular formula is C14H18N4O. The molecule has 1 saturated carbocycles. The van der Waals surface area contributed by atoms with Crippen LogP contribution in [-0.2, 0) is 0 Å². The number of H-pyrrole nitrogens is 1. The summed E-state index contributed by atoms with van der Waals surface area (Å²) in [7, 11) is 0. The third-order valence-corrected chi connectivity index (χ3v) is 4.99. The zero-order valence-corrected chi connectivity index (χ0v) is 10.8. The first kappa shape index (κ1) is 11.2. The van der Waals surface area contributed by atoms with Gasteiger partial charge in [0.1, 0.15) is 17.8 Å². The minimum atomic E-state index is 0.105. The van der Waals surface area contributed by atoms with Gasteiger partial charge in [-0.15, -0.1) is 0 Å². The Hall–Kier alpha value is -1.62. The van der Waals surface area contributed by atoms with E-state index in [1.165, 1.54) is 12.8 Å². The SMILES string of the molecule is OCC12CCCC1CN(c1ncnc3[nH]ccc13)C2. The molecule has 5 heteroatoms. The van der Waals surface area contributed by atoms with E-state index in [0.717, 1.165) is 36.4 Å². The van der Waals surface area contributed by atoms with Gasteiger partial charge in [-0.3, -0.25) is 0 Å². The van der Waals surface area contributed by atoms with Crippen LogP contribution in [0.2, 0.25) is 0 Å². The fraction of sp³-hybridized carbons (Fsp3) is 0.571. The molecule has 19 heavy (non-hydrogen) atoms. The fourth-order valence-electron chi connectivity index (χ4n) is 3.94. The van der Waals surface area contributed by atoms with Crippen LogP contribution in [0, 0.1) is 11.3 Å². The monoisotopic (exact) mass is 258 g/mol. The average Bonchev–Trinajstić information content (AvgIpc) is 3.11. The van der Waals surface area contributed by atoms with Crippen molar-refractivity contribution in [2.24, 2.45) is 11.3 Å². The average molecular weight is 258 g/mol. The van der Waals surface area contributed by atoms with E-state index >= 15 is 0 Å². The van der Waals surface area contributed by atoms with Gasteiger partial charge in [0.05, 0.1) is 12.0 Å². The predicted octanol–water partition coefficient (Wildman–Crippen LogP) is 1.56. The Bertz CT molecular complexity index is 610. The van der Waals surface area contributed by atoms with Crippen LogP contribution in [0.5, 0.6) is 0 Å². The molecule has 5 nitrogen and oxygen atoms in total. The predicted molar refractivity (Wildman–Crippen MR) is 73.0 cm³/mol. The minimum Gasteiger partial charge on any atom is -0.396 e. The summed E-state index contributed by atoms with van der Waals surface area (Å²) in [5.74, 6) is 1.62. The maximum atomic E-state index is 9.80. The van der Waals surface area contributed by atoms with Gasteiger partial charge in [-0.05, 0) is 24.8 Å². The van der Waals surface area contributed by atoms with Crippen molar-refractivity contribution in [2.45, 2.75) is 19.3 Å². The number of aliphatic hydroxyl groups excluding tert-OH is 1. The fourth-order valence-corrected chi connectivity index (χ4v) is 3.94. The van der Waals surface area contributed by atoms with Crippen molar-refractivity contribution >= 4 is 16.9 Å². The normalized spacial score (nSPS) is 30.2. The van der Waals surface area contributed by atoms with Gasteiger partial charge < -0.3 is 15.0 Å². The maximum absolute atomic E-state index is 9.80. The standard InChI is InChI=1S/C14H18N4O/c19-8-14-4-1-2-10(14)6-18(7-14)13-11-3-5-15-12(11)16-9-17-13/h3,5,9-10,19H,1-2,4,6-8H2,(H,15,16,17). The molecule has 2 atom stereocenters. The zero-order valence-electron chi connectivity index (χ0n) is 10.8. The zero-order chi connectivity index (χ0) is 12.9. The van der Waals surface area contributed by atoms with Crippen molar-refractivity contribution in [1.82, 2.24) is 15.0 Å². The molecule has 4 rings (SSSR count). The first-order chi connectivity index (χ1) is 9.32. The lowest BCUT2D eigenvalue weighted by atomic mass is 9.82. The molecule has 2 aromatic heterocycles. The number of nitrogens with one attached hydrogen (secondary N) is 1. The number of hydrogen-bond donors (Lipinski definition) is 2. The second-order valence-corrected chi connectivity index (χ2v) is 5.93. The molecule has 2 aromatic rings. The Morgan fingerprint density at radius 3 is 3.26 bits per heavy atom. The van der Waals surface area contributed by atoms with E-state index in [4.69, 9.17) is 0 Å². The summed E-state index contributed by atoms with van der Waals surface area (Å²) < 4.78 is 0. The van der Waals surface area contributed by atoms with E-state index < -0.39 is 0 Å². The van der Waals surface area contributed by atoms with Gasteiger partial charge in [-0.1, -0.05) is 6.42 Å². The van der Waals surface area contributed by atoms with Gasteiger partial charge in [-0.2, -0.15) is 0 Å². The molecule has 3 heterocycles. The van der Waals surface area contributed by atoms with Crippen molar-refractivity contribution in [3.05, 3.63) is 18.6 Å². The molecule has 0 radical (unpaired) electrons. The Kier molecular flexibility index (Phi) is 2.33. The third-order valence-electron chi connectivity index (χ3n) is 4.99. The number of aromatic amines is 1. The lowest BCUT2D eigenvalue weighted by molar-refractivity contribution is 0.121. The topological polar surface area (TPSA) is 65.0 Å². The Labute approximate surface area is 111 Å². The van der Waals surface area contributed by atoms with E-state index in [9.17, 15) is 5.11 Å². The van der Waals surface area contributed by atoms with Crippen molar-refractivity contribution in [1.29, 1.82) is 0 Å². The molecule has 2 aliphatic rings. The molecule has 0 bridgehead atoms. The second-order valence-electron chi connectivity index (χ2n) is 5.93. The van der Waals surface area contributed by atoms with Gasteiger partial charge in [-0.25, -0.2) is 9.97 Å². The highest BCUT2D eigenvalue weighted by Gasteiger charge is 2.49. The van der Waals surface area contributed by atoms with Crippen LogP contribution >= 0.6 is 0 Å². The van der Waals surface area contributed by atoms with Gasteiger partial charge in [0, 0.05) is 24.7 Å². The van der Waals surface area contributed by atoms with E-state index in [1.54, 1.807) is 6.33 Å². The number of fused-ring (bicyclic) bond motifs is 2. The van der Waals surface area contributed by atoms with Crippen LogP contribution < -0.4 is 4.90 Å². The van der Waals surface area contributed by atoms with Crippen molar-refractivity contribution in [2.75, 3.05) is 24.6 Å². The summed E-state index contributed by atoms with van der Waals surface area (Å²) in [5.41, 5.74) is 0.994. The molecule has 2 N–H and O–H groups in total. The van der Waals surface area contributed by atoms with Crippen molar-refractivity contribution in [3.8, 4) is 0 Å². The highest BCUT2D eigenvalue weighted by atomic mass is 16.3. The summed E-state index contributed by atoms with van der Waals surface area (Å²) >= 11 is 0. The molecule has 0 amide bonds. The molecule has 2 fully saturated rings. The van der Waals surface area contributed by atoms with Crippen LogP contribution in [0.3, 0.4) is 0 Å². The highest BCUT2D eigenvalue weighted by Crippen LogP contribution is 2.49. The molecule has 0 spiro atoms. The molecule has 2 unspecified atom stereocenters. The van der Waals surface area contributed by atoms with Gasteiger partial charge in [0.2, 0.25) is 0 Å². The lowest BCUT2D eigenvalue weighted by Crippen LogP contribution is -2.31. The molecule has 0 aromatic carbocycles. The first-order valence-corrected chi connectivity index (χ1v) is 6.96. The summed E-state index contributed by atoms with van der Waals surface area (Å²) in [5, 5.41) is 10.9. The summed E-state index contributed by atoms with van der Waals surface area (Å²) in [4.78, 5) is 14.2. The quantitative estimate of drug-likeness (QED) is 0.858. The van der Waals surface area contributed by atoms with Crippen molar-refractivity contribution in [3.63, 3.8) is 0 Å². The molecule has 1 aliphatic carbocycles. The number of rotatable bonds is 2. The van der Waals surface area contributed by atoms with Crippen molar-refractivity contribution < 1.29 is 5.11 Å². The number of aliphatic hydroxyl groups is 1. The molecule has 1 saturated heterocycles. The van der Waals surface area contributed by atoms with E-state index in [2.05, 4.69) is 19.9 Å². The van der Waals surface area contributed by atoms with E-state index in [1.807, 2.05) is 12.3 Å². The lowest BCUT2D eigenvalue weighted by Gasteiger charge is -2.26. The second kappa shape index (κ2) is 3.93. The smallest absolute Gasteiger partial charge is 0.142 e. The molecular weight excluding hydrogens is 240 g/mol. The van der Waals surface area contributed by atoms with Crippen LogP contribution in [-0.4, -0.2) is 39.8 Å². The van der Waals surface area contributed by atoms with E-state index in [-0.39, 0.29) is 5.41 Å². The number of hydrogen-bond acceptors (Lipinski definition) is 4. The maximum Gasteiger partial charge on any atom is 0.142 e. The van der Waals surface area contributed by atoms with E-state index in [0.29, 0.717) is 12.5 Å².